The highest BCUT2D eigenvalue weighted by Crippen LogP contribution is 2.26. The monoisotopic (exact) mass is 456 g/mol. The fourth-order valence-corrected chi connectivity index (χ4v) is 3.66. The number of hydrogen-bond donors (Lipinski definition) is 3. The van der Waals surface area contributed by atoms with Crippen LogP contribution in [0, 0.1) is 11.8 Å². The smallest absolute Gasteiger partial charge is 0.407 e. The second kappa shape index (κ2) is 12.6. The molecule has 33 heavy (non-hydrogen) atoms. The van der Waals surface area contributed by atoms with Crippen molar-refractivity contribution >= 4 is 6.09 Å². The summed E-state index contributed by atoms with van der Waals surface area (Å²) in [6.45, 7) is 10.3. The summed E-state index contributed by atoms with van der Waals surface area (Å²) in [4.78, 5) is 12.3. The van der Waals surface area contributed by atoms with Crippen LogP contribution in [0.25, 0.3) is 0 Å². The molecule has 1 amide bonds. The predicted octanol–water partition coefficient (Wildman–Crippen LogP) is 4.68. The molecule has 0 bridgehead atoms. The number of benzene rings is 2. The van der Waals surface area contributed by atoms with Gasteiger partial charge in [-0.3, -0.25) is 0 Å². The summed E-state index contributed by atoms with van der Waals surface area (Å²) in [5.41, 5.74) is 7.38. The van der Waals surface area contributed by atoms with Gasteiger partial charge in [-0.1, -0.05) is 56.3 Å². The first-order valence-electron chi connectivity index (χ1n) is 11.7. The molecule has 6 nitrogen and oxygen atoms in total. The van der Waals surface area contributed by atoms with Gasteiger partial charge in [-0.25, -0.2) is 4.79 Å². The van der Waals surface area contributed by atoms with Gasteiger partial charge in [0.25, 0.3) is 0 Å². The highest BCUT2D eigenvalue weighted by Gasteiger charge is 2.28. The van der Waals surface area contributed by atoms with E-state index < -0.39 is 23.8 Å². The number of nitrogens with one attached hydrogen (secondary N) is 1. The fraction of sp³-hybridized carbons (Fsp3) is 0.519. The molecule has 4 N–H and O–H groups in total. The van der Waals surface area contributed by atoms with Gasteiger partial charge in [-0.05, 0) is 68.7 Å². The van der Waals surface area contributed by atoms with E-state index >= 15 is 0 Å². The lowest BCUT2D eigenvalue weighted by Crippen LogP contribution is -2.49. The number of hydrogen-bond acceptors (Lipinski definition) is 5. The van der Waals surface area contributed by atoms with Crippen LogP contribution in [0.3, 0.4) is 0 Å². The first-order valence-corrected chi connectivity index (χ1v) is 11.7. The van der Waals surface area contributed by atoms with Crippen molar-refractivity contribution in [3.05, 3.63) is 65.7 Å². The summed E-state index contributed by atoms with van der Waals surface area (Å²) in [6.07, 6.45) is -0.00732. The van der Waals surface area contributed by atoms with Crippen molar-refractivity contribution in [2.75, 3.05) is 6.54 Å². The minimum atomic E-state index is -0.848. The predicted molar refractivity (Wildman–Crippen MR) is 132 cm³/mol. The second-order valence-electron chi connectivity index (χ2n) is 9.92. The van der Waals surface area contributed by atoms with Crippen molar-refractivity contribution in [1.82, 2.24) is 5.32 Å². The Morgan fingerprint density at radius 2 is 1.73 bits per heavy atom. The zero-order chi connectivity index (χ0) is 24.4. The van der Waals surface area contributed by atoms with E-state index in [0.717, 1.165) is 23.3 Å². The molecule has 0 aliphatic rings. The van der Waals surface area contributed by atoms with Gasteiger partial charge in [0.2, 0.25) is 0 Å². The third-order valence-corrected chi connectivity index (χ3v) is 5.55. The van der Waals surface area contributed by atoms with Gasteiger partial charge >= 0.3 is 6.09 Å². The number of amides is 1. The summed E-state index contributed by atoms with van der Waals surface area (Å²) in [5, 5.41) is 13.3. The van der Waals surface area contributed by atoms with Crippen molar-refractivity contribution in [2.24, 2.45) is 17.6 Å². The lowest BCUT2D eigenvalue weighted by Gasteiger charge is -2.31. The number of aliphatic hydroxyl groups is 1. The van der Waals surface area contributed by atoms with E-state index in [4.69, 9.17) is 15.2 Å². The van der Waals surface area contributed by atoms with Gasteiger partial charge in [-0.2, -0.15) is 0 Å². The highest BCUT2D eigenvalue weighted by atomic mass is 16.6. The van der Waals surface area contributed by atoms with Crippen LogP contribution in [0.1, 0.15) is 52.2 Å². The van der Waals surface area contributed by atoms with Crippen LogP contribution >= 0.6 is 0 Å². The first-order chi connectivity index (χ1) is 15.6. The number of carbonyl (C=O) groups excluding carboxylic acids is 1. The number of rotatable bonds is 11. The Hall–Kier alpha value is -2.57. The molecule has 0 aliphatic carbocycles. The van der Waals surface area contributed by atoms with E-state index in [1.54, 1.807) is 0 Å². The SMILES string of the molecule is CC(C)[C@@H](Cc1cccc(OCc2ccccc2)c1)C[C@H](NC(=O)OC(C)(C)C)[C@@H](O)CN. The van der Waals surface area contributed by atoms with Gasteiger partial charge in [0, 0.05) is 6.54 Å². The molecule has 182 valence electrons. The molecule has 2 aromatic rings. The molecule has 2 aromatic carbocycles. The molecule has 0 aromatic heterocycles. The molecule has 0 fully saturated rings. The lowest BCUT2D eigenvalue weighted by molar-refractivity contribution is 0.0400. The van der Waals surface area contributed by atoms with E-state index in [2.05, 4.69) is 31.3 Å². The zero-order valence-electron chi connectivity index (χ0n) is 20.6. The van der Waals surface area contributed by atoms with E-state index in [0.29, 0.717) is 18.9 Å². The van der Waals surface area contributed by atoms with Crippen LogP contribution in [0.2, 0.25) is 0 Å². The van der Waals surface area contributed by atoms with Crippen LogP contribution in [0.5, 0.6) is 5.75 Å². The van der Waals surface area contributed by atoms with E-state index in [-0.39, 0.29) is 12.5 Å². The molecule has 0 spiro atoms. The maximum Gasteiger partial charge on any atom is 0.407 e. The van der Waals surface area contributed by atoms with E-state index in [1.165, 1.54) is 0 Å². The van der Waals surface area contributed by atoms with Crippen LogP contribution < -0.4 is 15.8 Å². The Morgan fingerprint density at radius 1 is 1.06 bits per heavy atom. The van der Waals surface area contributed by atoms with Gasteiger partial charge in [0.05, 0.1) is 12.1 Å². The van der Waals surface area contributed by atoms with Crippen molar-refractivity contribution < 1.29 is 19.4 Å². The van der Waals surface area contributed by atoms with Gasteiger partial charge in [0.1, 0.15) is 18.0 Å². The lowest BCUT2D eigenvalue weighted by atomic mass is 9.83. The number of alkyl carbamates (subject to hydrolysis) is 1. The minimum Gasteiger partial charge on any atom is -0.489 e. The van der Waals surface area contributed by atoms with Crippen molar-refractivity contribution in [2.45, 2.75) is 71.8 Å². The van der Waals surface area contributed by atoms with Crippen molar-refractivity contribution in [1.29, 1.82) is 0 Å². The third kappa shape index (κ3) is 9.84. The fourth-order valence-electron chi connectivity index (χ4n) is 3.66. The maximum atomic E-state index is 12.3. The van der Waals surface area contributed by atoms with Crippen molar-refractivity contribution in [3.8, 4) is 5.75 Å². The maximum absolute atomic E-state index is 12.3. The summed E-state index contributed by atoms with van der Waals surface area (Å²) in [7, 11) is 0. The first kappa shape index (κ1) is 26.7. The number of aliphatic hydroxyl groups excluding tert-OH is 1. The van der Waals surface area contributed by atoms with Crippen LogP contribution in [-0.2, 0) is 17.8 Å². The average Bonchev–Trinajstić information content (AvgIpc) is 2.75. The van der Waals surface area contributed by atoms with Gasteiger partial charge in [0.15, 0.2) is 0 Å². The van der Waals surface area contributed by atoms with Crippen molar-refractivity contribution in [3.63, 3.8) is 0 Å². The Bertz CT molecular complexity index is 849. The summed E-state index contributed by atoms with van der Waals surface area (Å²) in [6, 6.07) is 17.7. The Morgan fingerprint density at radius 3 is 2.33 bits per heavy atom. The molecular formula is C27H40N2O4. The van der Waals surface area contributed by atoms with E-state index in [9.17, 15) is 9.90 Å². The van der Waals surface area contributed by atoms with Crippen LogP contribution in [0.15, 0.2) is 54.6 Å². The quantitative estimate of drug-likeness (QED) is 0.456. The van der Waals surface area contributed by atoms with Gasteiger partial charge < -0.3 is 25.6 Å². The number of carbonyl (C=O) groups is 1. The standard InChI is InChI=1S/C27H40N2O4/c1-19(2)22(16-24(25(30)17-28)29-26(31)33-27(3,4)5)14-21-12-9-13-23(15-21)32-18-20-10-7-6-8-11-20/h6-13,15,19,22,24-25,30H,14,16-18,28H2,1-5H3,(H,29,31)/t22-,24-,25-/m0/s1. The second-order valence-corrected chi connectivity index (χ2v) is 9.92. The van der Waals surface area contributed by atoms with Crippen LogP contribution in [0.4, 0.5) is 4.79 Å². The number of nitrogens with two attached hydrogens (primary N) is 1. The molecule has 6 heteroatoms. The third-order valence-electron chi connectivity index (χ3n) is 5.55. The average molecular weight is 457 g/mol. The molecule has 0 saturated heterocycles. The molecule has 0 saturated carbocycles. The molecule has 0 aliphatic heterocycles. The zero-order valence-corrected chi connectivity index (χ0v) is 20.6. The number of ether oxygens (including phenoxy) is 2. The molecule has 3 atom stereocenters. The summed E-state index contributed by atoms with van der Waals surface area (Å²) >= 11 is 0. The Labute approximate surface area is 198 Å². The van der Waals surface area contributed by atoms with E-state index in [1.807, 2.05) is 63.2 Å². The Balaban J connectivity index is 2.06. The topological polar surface area (TPSA) is 93.8 Å². The molecule has 0 radical (unpaired) electrons. The normalized spacial score (nSPS) is 14.4. The Kier molecular flexibility index (Phi) is 10.2. The minimum absolute atomic E-state index is 0.0636. The largest absolute Gasteiger partial charge is 0.489 e. The van der Waals surface area contributed by atoms with Gasteiger partial charge in [-0.15, -0.1) is 0 Å². The molecule has 0 heterocycles. The molecular weight excluding hydrogens is 416 g/mol. The molecule has 2 rings (SSSR count). The van der Waals surface area contributed by atoms with Crippen LogP contribution in [-0.4, -0.2) is 35.5 Å². The summed E-state index contributed by atoms with van der Waals surface area (Å²) in [5.74, 6) is 1.38. The summed E-state index contributed by atoms with van der Waals surface area (Å²) < 4.78 is 11.4. The molecule has 0 unspecified atom stereocenters. The highest BCUT2D eigenvalue weighted by molar-refractivity contribution is 5.68.